The van der Waals surface area contributed by atoms with Crippen LogP contribution in [0.1, 0.15) is 0 Å². The first-order valence-electron chi connectivity index (χ1n) is 4.00. The molecular weight excluding hydrogens is 126 g/mol. The predicted octanol–water partition coefficient (Wildman–Crippen LogP) is 0.440. The molecule has 1 unspecified atom stereocenters. The molecule has 58 valence electrons. The third-order valence-corrected chi connectivity index (χ3v) is 2.91. The fraction of sp³-hybridized carbons (Fsp3) is 1.00. The molecular formula is C8H15NO. The first-order chi connectivity index (χ1) is 4.83. The second-order valence-electron chi connectivity index (χ2n) is 3.67. The summed E-state index contributed by atoms with van der Waals surface area (Å²) in [6, 6.07) is 0. The molecule has 2 heteroatoms. The van der Waals surface area contributed by atoms with Crippen LogP contribution in [0.4, 0.5) is 0 Å². The van der Waals surface area contributed by atoms with Gasteiger partial charge in [0.25, 0.3) is 0 Å². The Labute approximate surface area is 62.2 Å². The molecule has 0 N–H and O–H groups in total. The van der Waals surface area contributed by atoms with E-state index >= 15 is 0 Å². The lowest BCUT2D eigenvalue weighted by atomic mass is 10.3. The summed E-state index contributed by atoms with van der Waals surface area (Å²) in [5, 5.41) is 0. The van der Waals surface area contributed by atoms with Gasteiger partial charge in [0.15, 0.2) is 0 Å². The molecule has 2 aliphatic rings. The molecule has 10 heavy (non-hydrogen) atoms. The quantitative estimate of drug-likeness (QED) is 0.553. The lowest BCUT2D eigenvalue weighted by Gasteiger charge is -2.11. The Morgan fingerprint density at radius 3 is 2.50 bits per heavy atom. The molecule has 3 atom stereocenters. The van der Waals surface area contributed by atoms with Gasteiger partial charge in [0.1, 0.15) is 0 Å². The highest BCUT2D eigenvalue weighted by molar-refractivity contribution is 5.04. The summed E-state index contributed by atoms with van der Waals surface area (Å²) in [6.45, 7) is 3.60. The maximum absolute atomic E-state index is 5.12. The summed E-state index contributed by atoms with van der Waals surface area (Å²) in [5.41, 5.74) is 0. The van der Waals surface area contributed by atoms with Crippen LogP contribution in [-0.2, 0) is 4.74 Å². The lowest BCUT2D eigenvalue weighted by Crippen LogP contribution is -2.20. The van der Waals surface area contributed by atoms with Crippen molar-refractivity contribution in [1.82, 2.24) is 4.90 Å². The van der Waals surface area contributed by atoms with Gasteiger partial charge in [-0.2, -0.15) is 0 Å². The molecule has 1 aliphatic carbocycles. The van der Waals surface area contributed by atoms with Crippen molar-refractivity contribution in [3.63, 3.8) is 0 Å². The highest BCUT2D eigenvalue weighted by Gasteiger charge is 2.54. The Hall–Kier alpha value is -0.0800. The summed E-state index contributed by atoms with van der Waals surface area (Å²) >= 11 is 0. The molecule has 0 aromatic heterocycles. The van der Waals surface area contributed by atoms with E-state index in [1.807, 2.05) is 0 Å². The number of ether oxygens (including phenoxy) is 1. The Morgan fingerprint density at radius 2 is 2.00 bits per heavy atom. The van der Waals surface area contributed by atoms with Crippen molar-refractivity contribution in [2.24, 2.45) is 17.8 Å². The van der Waals surface area contributed by atoms with Crippen molar-refractivity contribution >= 4 is 0 Å². The van der Waals surface area contributed by atoms with Crippen LogP contribution < -0.4 is 0 Å². The highest BCUT2D eigenvalue weighted by atomic mass is 16.5. The molecule has 0 amide bonds. The van der Waals surface area contributed by atoms with Gasteiger partial charge >= 0.3 is 0 Å². The molecule has 0 spiro atoms. The predicted molar refractivity (Wildman–Crippen MR) is 39.8 cm³/mol. The maximum Gasteiger partial charge on any atom is 0.0496 e. The number of likely N-dealkylation sites (tertiary alicyclic amines) is 1. The van der Waals surface area contributed by atoms with Gasteiger partial charge in [-0.3, -0.25) is 0 Å². The van der Waals surface area contributed by atoms with E-state index in [0.29, 0.717) is 0 Å². The summed E-state index contributed by atoms with van der Waals surface area (Å²) < 4.78 is 5.12. The van der Waals surface area contributed by atoms with Crippen molar-refractivity contribution in [1.29, 1.82) is 0 Å². The summed E-state index contributed by atoms with van der Waals surface area (Å²) in [7, 11) is 4.01. The van der Waals surface area contributed by atoms with E-state index in [2.05, 4.69) is 11.9 Å². The van der Waals surface area contributed by atoms with Gasteiger partial charge in [0, 0.05) is 26.8 Å². The largest absolute Gasteiger partial charge is 0.384 e. The summed E-state index contributed by atoms with van der Waals surface area (Å²) in [6.07, 6.45) is 0. The molecule has 2 rings (SSSR count). The van der Waals surface area contributed by atoms with E-state index < -0.39 is 0 Å². The molecule has 1 aliphatic heterocycles. The van der Waals surface area contributed by atoms with Crippen LogP contribution >= 0.6 is 0 Å². The fourth-order valence-corrected chi connectivity index (χ4v) is 2.30. The normalized spacial score (nSPS) is 45.6. The molecule has 0 bridgehead atoms. The van der Waals surface area contributed by atoms with Crippen LogP contribution in [0.15, 0.2) is 0 Å². The van der Waals surface area contributed by atoms with E-state index in [9.17, 15) is 0 Å². The maximum atomic E-state index is 5.12. The van der Waals surface area contributed by atoms with Gasteiger partial charge in [-0.15, -0.1) is 0 Å². The number of rotatable bonds is 2. The zero-order valence-corrected chi connectivity index (χ0v) is 6.71. The van der Waals surface area contributed by atoms with Crippen molar-refractivity contribution in [2.45, 2.75) is 0 Å². The summed E-state index contributed by atoms with van der Waals surface area (Å²) in [4.78, 5) is 2.42. The average molecular weight is 141 g/mol. The van der Waals surface area contributed by atoms with E-state index in [4.69, 9.17) is 4.74 Å². The van der Waals surface area contributed by atoms with Gasteiger partial charge in [0.05, 0.1) is 0 Å². The molecule has 1 saturated heterocycles. The van der Waals surface area contributed by atoms with Crippen molar-refractivity contribution < 1.29 is 4.74 Å². The molecule has 0 aromatic rings. The van der Waals surface area contributed by atoms with E-state index in [1.165, 1.54) is 13.1 Å². The second-order valence-corrected chi connectivity index (χ2v) is 3.67. The molecule has 0 radical (unpaired) electrons. The molecule has 1 heterocycles. The number of methoxy groups -OCH3 is 1. The summed E-state index contributed by atoms with van der Waals surface area (Å²) in [5.74, 6) is 2.86. The minimum absolute atomic E-state index is 0.904. The van der Waals surface area contributed by atoms with Crippen LogP contribution in [0.25, 0.3) is 0 Å². The Balaban J connectivity index is 1.81. The smallest absolute Gasteiger partial charge is 0.0496 e. The van der Waals surface area contributed by atoms with Crippen LogP contribution in [-0.4, -0.2) is 38.8 Å². The molecule has 2 nitrogen and oxygen atoms in total. The second kappa shape index (κ2) is 2.21. The van der Waals surface area contributed by atoms with Crippen LogP contribution in [0.2, 0.25) is 0 Å². The molecule has 0 aromatic carbocycles. The Morgan fingerprint density at radius 1 is 1.40 bits per heavy atom. The standard InChI is InChI=1S/C8H15NO/c1-9-3-6-7(4-9)8(6)5-10-2/h6-8H,3-5H2,1-2H3/t6-,7+,8?. The first kappa shape index (κ1) is 6.62. The number of hydrogen-bond donors (Lipinski definition) is 0. The van der Waals surface area contributed by atoms with E-state index in [0.717, 1.165) is 24.4 Å². The minimum atomic E-state index is 0.904. The van der Waals surface area contributed by atoms with Gasteiger partial charge in [-0.05, 0) is 24.8 Å². The van der Waals surface area contributed by atoms with Gasteiger partial charge in [0.2, 0.25) is 0 Å². The van der Waals surface area contributed by atoms with Crippen LogP contribution in [0.5, 0.6) is 0 Å². The monoisotopic (exact) mass is 141 g/mol. The van der Waals surface area contributed by atoms with Gasteiger partial charge in [-0.1, -0.05) is 0 Å². The van der Waals surface area contributed by atoms with Crippen LogP contribution in [0, 0.1) is 17.8 Å². The highest BCUT2D eigenvalue weighted by Crippen LogP contribution is 2.51. The zero-order chi connectivity index (χ0) is 7.14. The van der Waals surface area contributed by atoms with Gasteiger partial charge in [-0.25, -0.2) is 0 Å². The average Bonchev–Trinajstić information content (AvgIpc) is 2.43. The number of nitrogens with zero attached hydrogens (tertiary/aromatic N) is 1. The Kier molecular flexibility index (Phi) is 1.46. The zero-order valence-electron chi connectivity index (χ0n) is 6.71. The van der Waals surface area contributed by atoms with Crippen molar-refractivity contribution in [3.8, 4) is 0 Å². The first-order valence-corrected chi connectivity index (χ1v) is 4.00. The third kappa shape index (κ3) is 0.867. The number of piperidine rings is 1. The molecule has 1 saturated carbocycles. The SMILES string of the molecule is COCC1[C@H]2CN(C)C[C@@H]12. The van der Waals surface area contributed by atoms with Crippen molar-refractivity contribution in [2.75, 3.05) is 33.9 Å². The third-order valence-electron chi connectivity index (χ3n) is 2.91. The Bertz CT molecular complexity index is 118. The molecule has 2 fully saturated rings. The van der Waals surface area contributed by atoms with E-state index in [1.54, 1.807) is 7.11 Å². The van der Waals surface area contributed by atoms with Crippen LogP contribution in [0.3, 0.4) is 0 Å². The minimum Gasteiger partial charge on any atom is -0.384 e. The van der Waals surface area contributed by atoms with E-state index in [-0.39, 0.29) is 0 Å². The lowest BCUT2D eigenvalue weighted by molar-refractivity contribution is 0.165. The number of hydrogen-bond acceptors (Lipinski definition) is 2. The van der Waals surface area contributed by atoms with Gasteiger partial charge < -0.3 is 9.64 Å². The number of fused-ring (bicyclic) bond motifs is 1. The topological polar surface area (TPSA) is 12.5 Å². The van der Waals surface area contributed by atoms with Crippen molar-refractivity contribution in [3.05, 3.63) is 0 Å². The fourth-order valence-electron chi connectivity index (χ4n) is 2.30.